The lowest BCUT2D eigenvalue weighted by atomic mass is 10.1. The van der Waals surface area contributed by atoms with Gasteiger partial charge in [0.05, 0.1) is 0 Å². The van der Waals surface area contributed by atoms with Gasteiger partial charge in [0.2, 0.25) is 0 Å². The second-order valence-corrected chi connectivity index (χ2v) is 3.28. The molecule has 1 aromatic heterocycles. The van der Waals surface area contributed by atoms with Crippen molar-refractivity contribution in [3.63, 3.8) is 0 Å². The quantitative estimate of drug-likeness (QED) is 0.711. The summed E-state index contributed by atoms with van der Waals surface area (Å²) in [4.78, 5) is 4.20. The van der Waals surface area contributed by atoms with Gasteiger partial charge in [0.25, 0.3) is 0 Å². The first-order valence-corrected chi connectivity index (χ1v) is 4.86. The molecule has 0 unspecified atom stereocenters. The van der Waals surface area contributed by atoms with Gasteiger partial charge in [0, 0.05) is 18.0 Å². The molecule has 2 rings (SSSR count). The van der Waals surface area contributed by atoms with Crippen LogP contribution in [0.5, 0.6) is 0 Å². The third-order valence-electron chi connectivity index (χ3n) is 2.18. The fourth-order valence-corrected chi connectivity index (χ4v) is 1.47. The van der Waals surface area contributed by atoms with Crippen molar-refractivity contribution in [3.05, 3.63) is 67.4 Å². The van der Waals surface area contributed by atoms with Crippen molar-refractivity contribution in [2.75, 3.05) is 0 Å². The molecule has 0 spiro atoms. The van der Waals surface area contributed by atoms with E-state index in [0.717, 1.165) is 11.1 Å². The number of allylic oxidation sites excluding steroid dienone is 1. The maximum absolute atomic E-state index is 4.20. The van der Waals surface area contributed by atoms with Crippen LogP contribution < -0.4 is 0 Å². The van der Waals surface area contributed by atoms with Crippen molar-refractivity contribution >= 4 is 6.08 Å². The summed E-state index contributed by atoms with van der Waals surface area (Å²) in [5.74, 6) is 0. The monoisotopic (exact) mass is 194 g/mol. The van der Waals surface area contributed by atoms with Crippen LogP contribution in [0, 0.1) is 6.92 Å². The summed E-state index contributed by atoms with van der Waals surface area (Å²) in [6.07, 6.45) is 7.41. The van der Waals surface area contributed by atoms with Gasteiger partial charge in [-0.05, 0) is 24.1 Å². The summed E-state index contributed by atoms with van der Waals surface area (Å²) in [5.41, 5.74) is 3.39. The molecule has 1 heteroatoms. The third-order valence-corrected chi connectivity index (χ3v) is 2.18. The lowest BCUT2D eigenvalue weighted by Gasteiger charge is -2.01. The third kappa shape index (κ3) is 2.32. The maximum Gasteiger partial charge on any atom is 0.0346 e. The molecule has 15 heavy (non-hydrogen) atoms. The Kier molecular flexibility index (Phi) is 2.93. The largest absolute Gasteiger partial charge is 0.263 e. The first-order chi connectivity index (χ1) is 7.40. The molecule has 0 aliphatic heterocycles. The van der Waals surface area contributed by atoms with Crippen LogP contribution in [0.1, 0.15) is 5.56 Å². The van der Waals surface area contributed by atoms with Crippen molar-refractivity contribution in [2.24, 2.45) is 0 Å². The van der Waals surface area contributed by atoms with E-state index >= 15 is 0 Å². The van der Waals surface area contributed by atoms with Gasteiger partial charge in [0.15, 0.2) is 0 Å². The molecule has 73 valence electrons. The molecule has 1 aromatic carbocycles. The summed E-state index contributed by atoms with van der Waals surface area (Å²) in [5, 5.41) is 0. The number of hydrogen-bond acceptors (Lipinski definition) is 1. The molecular weight excluding hydrogens is 182 g/mol. The van der Waals surface area contributed by atoms with E-state index in [1.807, 2.05) is 36.7 Å². The first kappa shape index (κ1) is 9.66. The van der Waals surface area contributed by atoms with E-state index in [0.29, 0.717) is 0 Å². The first-order valence-electron chi connectivity index (χ1n) is 4.86. The summed E-state index contributed by atoms with van der Waals surface area (Å²) in [6, 6.07) is 12.3. The second-order valence-electron chi connectivity index (χ2n) is 3.28. The van der Waals surface area contributed by atoms with Gasteiger partial charge < -0.3 is 0 Å². The van der Waals surface area contributed by atoms with Gasteiger partial charge in [-0.2, -0.15) is 0 Å². The van der Waals surface area contributed by atoms with Crippen LogP contribution in [0.15, 0.2) is 54.9 Å². The van der Waals surface area contributed by atoms with Crippen LogP contribution in [-0.2, 0) is 0 Å². The number of pyridine rings is 1. The highest BCUT2D eigenvalue weighted by Crippen LogP contribution is 2.19. The van der Waals surface area contributed by atoms with Crippen LogP contribution in [-0.4, -0.2) is 4.98 Å². The summed E-state index contributed by atoms with van der Waals surface area (Å²) < 4.78 is 0. The standard InChI is InChI=1S/C14H12N/c1-2-6-12-9-14(11-15-10-12)13-7-4-3-5-8-13/h2-11H,1H2/b6-2+. The highest BCUT2D eigenvalue weighted by molar-refractivity contribution is 5.65. The number of rotatable bonds is 2. The Labute approximate surface area is 90.1 Å². The zero-order valence-corrected chi connectivity index (χ0v) is 8.43. The van der Waals surface area contributed by atoms with E-state index < -0.39 is 0 Å². The van der Waals surface area contributed by atoms with Crippen molar-refractivity contribution in [1.29, 1.82) is 0 Å². The molecule has 1 heterocycles. The average Bonchev–Trinajstić information content (AvgIpc) is 2.31. The summed E-state index contributed by atoms with van der Waals surface area (Å²) in [7, 11) is 0. The van der Waals surface area contributed by atoms with Crippen molar-refractivity contribution in [3.8, 4) is 11.1 Å². The molecule has 0 amide bonds. The Morgan fingerprint density at radius 2 is 1.80 bits per heavy atom. The van der Waals surface area contributed by atoms with Crippen molar-refractivity contribution < 1.29 is 0 Å². The molecule has 0 saturated carbocycles. The molecule has 0 bridgehead atoms. The molecule has 0 fully saturated rings. The Bertz CT molecular complexity index is 458. The summed E-state index contributed by atoms with van der Waals surface area (Å²) >= 11 is 0. The molecule has 0 N–H and O–H groups in total. The van der Waals surface area contributed by atoms with E-state index in [4.69, 9.17) is 0 Å². The minimum Gasteiger partial charge on any atom is -0.263 e. The van der Waals surface area contributed by atoms with E-state index in [1.165, 1.54) is 5.56 Å². The normalized spacial score (nSPS) is 10.7. The van der Waals surface area contributed by atoms with Crippen molar-refractivity contribution in [1.82, 2.24) is 4.98 Å². The zero-order valence-electron chi connectivity index (χ0n) is 8.43. The Balaban J connectivity index is 2.41. The Morgan fingerprint density at radius 3 is 2.53 bits per heavy atom. The second kappa shape index (κ2) is 4.56. The molecule has 2 aromatic rings. The van der Waals surface area contributed by atoms with E-state index in [2.05, 4.69) is 30.1 Å². The fraction of sp³-hybridized carbons (Fsp3) is 0. The minimum absolute atomic E-state index is 1.08. The van der Waals surface area contributed by atoms with Gasteiger partial charge in [-0.25, -0.2) is 0 Å². The van der Waals surface area contributed by atoms with Crippen LogP contribution in [0.2, 0.25) is 0 Å². The van der Waals surface area contributed by atoms with Crippen molar-refractivity contribution in [2.45, 2.75) is 0 Å². The number of benzene rings is 1. The molecule has 0 aliphatic rings. The average molecular weight is 194 g/mol. The van der Waals surface area contributed by atoms with E-state index in [9.17, 15) is 0 Å². The molecule has 1 nitrogen and oxygen atoms in total. The lowest BCUT2D eigenvalue weighted by molar-refractivity contribution is 1.32. The maximum atomic E-state index is 4.20. The lowest BCUT2D eigenvalue weighted by Crippen LogP contribution is -1.81. The molecule has 0 saturated heterocycles. The smallest absolute Gasteiger partial charge is 0.0346 e. The topological polar surface area (TPSA) is 12.9 Å². The van der Waals surface area contributed by atoms with E-state index in [1.54, 1.807) is 6.08 Å². The molecule has 0 atom stereocenters. The zero-order chi connectivity index (χ0) is 10.5. The Morgan fingerprint density at radius 1 is 1.00 bits per heavy atom. The minimum atomic E-state index is 1.08. The van der Waals surface area contributed by atoms with Gasteiger partial charge in [0.1, 0.15) is 0 Å². The Hall–Kier alpha value is -1.89. The van der Waals surface area contributed by atoms with Gasteiger partial charge in [-0.15, -0.1) is 0 Å². The van der Waals surface area contributed by atoms with Gasteiger partial charge in [-0.1, -0.05) is 42.5 Å². The number of nitrogens with zero attached hydrogens (tertiary/aromatic N) is 1. The predicted molar refractivity (Wildman–Crippen MR) is 64.1 cm³/mol. The highest BCUT2D eigenvalue weighted by Gasteiger charge is 1.96. The van der Waals surface area contributed by atoms with Crippen LogP contribution >= 0.6 is 0 Å². The number of hydrogen-bond donors (Lipinski definition) is 0. The van der Waals surface area contributed by atoms with Crippen LogP contribution in [0.4, 0.5) is 0 Å². The molecule has 0 aliphatic carbocycles. The molecule has 1 radical (unpaired) electrons. The fourth-order valence-electron chi connectivity index (χ4n) is 1.47. The van der Waals surface area contributed by atoms with E-state index in [-0.39, 0.29) is 0 Å². The molecular formula is C14H12N. The van der Waals surface area contributed by atoms with Crippen LogP contribution in [0.3, 0.4) is 0 Å². The van der Waals surface area contributed by atoms with Gasteiger partial charge in [-0.3, -0.25) is 4.98 Å². The number of aromatic nitrogens is 1. The van der Waals surface area contributed by atoms with Crippen LogP contribution in [0.25, 0.3) is 17.2 Å². The summed E-state index contributed by atoms with van der Waals surface area (Å²) in [6.45, 7) is 3.68. The van der Waals surface area contributed by atoms with Gasteiger partial charge >= 0.3 is 0 Å². The SMILES string of the molecule is [CH2]/C=C/c1cncc(-c2ccccc2)c1. The predicted octanol–water partition coefficient (Wildman–Crippen LogP) is 3.60. The highest BCUT2D eigenvalue weighted by atomic mass is 14.6.